The highest BCUT2D eigenvalue weighted by atomic mass is 16.7. The van der Waals surface area contributed by atoms with Crippen molar-refractivity contribution in [1.82, 2.24) is 0 Å². The van der Waals surface area contributed by atoms with Gasteiger partial charge in [-0.05, 0) is 51.4 Å². The SMILES string of the molecule is CCCCC/C=C/C/C=C/C/C=C/CCCCC(=O)OC[C@H](CO[C@H]1O[C@@H](CO[C@H]2O[C@@H](CO)[C@@H](O)C(O)C2O)[C@@H](O)C(O)C1O)OC(=O)CCCCCCCCCCCCCCCCCCCCC. The third-order valence-electron chi connectivity index (χ3n) is 13.1. The summed E-state index contributed by atoms with van der Waals surface area (Å²) >= 11 is 0. The van der Waals surface area contributed by atoms with Crippen molar-refractivity contribution in [3.05, 3.63) is 36.5 Å². The zero-order valence-electron chi connectivity index (χ0n) is 43.3. The minimum atomic E-state index is -1.77. The molecule has 2 aliphatic rings. The second-order valence-electron chi connectivity index (χ2n) is 19.4. The zero-order chi connectivity index (χ0) is 51.0. The average molecular weight is 999 g/mol. The first-order chi connectivity index (χ1) is 34.0. The fraction of sp³-hybridized carbons (Fsp3) is 0.855. The number of carbonyl (C=O) groups excluding carboxylic acids is 2. The molecule has 4 unspecified atom stereocenters. The second-order valence-corrected chi connectivity index (χ2v) is 19.4. The minimum absolute atomic E-state index is 0.160. The van der Waals surface area contributed by atoms with Crippen molar-refractivity contribution in [2.45, 2.75) is 274 Å². The predicted octanol–water partition coefficient (Wildman–Crippen LogP) is 8.49. The van der Waals surface area contributed by atoms with Crippen LogP contribution in [0.3, 0.4) is 0 Å². The van der Waals surface area contributed by atoms with Crippen LogP contribution in [-0.4, -0.2) is 142 Å². The largest absolute Gasteiger partial charge is 0.462 e. The lowest BCUT2D eigenvalue weighted by molar-refractivity contribution is -0.332. The van der Waals surface area contributed by atoms with Crippen LogP contribution in [0.2, 0.25) is 0 Å². The van der Waals surface area contributed by atoms with Crippen LogP contribution < -0.4 is 0 Å². The zero-order valence-corrected chi connectivity index (χ0v) is 43.3. The summed E-state index contributed by atoms with van der Waals surface area (Å²) in [5.74, 6) is -0.962. The first kappa shape index (κ1) is 63.8. The fourth-order valence-electron chi connectivity index (χ4n) is 8.58. The quantitative estimate of drug-likeness (QED) is 0.0173. The monoisotopic (exact) mass is 999 g/mol. The molecule has 2 heterocycles. The lowest BCUT2D eigenvalue weighted by atomic mass is 9.98. The molecule has 2 rings (SSSR count). The van der Waals surface area contributed by atoms with Crippen LogP contribution in [0.15, 0.2) is 36.5 Å². The van der Waals surface area contributed by atoms with Gasteiger partial charge in [0, 0.05) is 12.8 Å². The molecule has 15 nitrogen and oxygen atoms in total. The number of aliphatic hydroxyl groups is 7. The minimum Gasteiger partial charge on any atom is -0.462 e. The molecule has 0 radical (unpaired) electrons. The van der Waals surface area contributed by atoms with Gasteiger partial charge in [-0.2, -0.15) is 0 Å². The van der Waals surface area contributed by atoms with Gasteiger partial charge in [-0.25, -0.2) is 0 Å². The smallest absolute Gasteiger partial charge is 0.306 e. The Morgan fingerprint density at radius 3 is 1.37 bits per heavy atom. The fourth-order valence-corrected chi connectivity index (χ4v) is 8.58. The van der Waals surface area contributed by atoms with Gasteiger partial charge in [-0.3, -0.25) is 9.59 Å². The molecule has 2 fully saturated rings. The summed E-state index contributed by atoms with van der Waals surface area (Å²) in [4.78, 5) is 25.8. The summed E-state index contributed by atoms with van der Waals surface area (Å²) in [6, 6.07) is 0. The van der Waals surface area contributed by atoms with Crippen molar-refractivity contribution < 1.29 is 73.8 Å². The van der Waals surface area contributed by atoms with Crippen LogP contribution >= 0.6 is 0 Å². The average Bonchev–Trinajstić information content (AvgIpc) is 3.35. The summed E-state index contributed by atoms with van der Waals surface area (Å²) in [7, 11) is 0. The summed E-state index contributed by atoms with van der Waals surface area (Å²) in [6.45, 7) is 2.55. The topological polar surface area (TPSA) is 231 Å². The Hall–Kier alpha value is -2.28. The second kappa shape index (κ2) is 42.1. The van der Waals surface area contributed by atoms with E-state index in [4.69, 9.17) is 28.4 Å². The van der Waals surface area contributed by atoms with Gasteiger partial charge in [-0.15, -0.1) is 0 Å². The van der Waals surface area contributed by atoms with Crippen molar-refractivity contribution in [2.24, 2.45) is 0 Å². The molecule has 0 aromatic carbocycles. The first-order valence-corrected chi connectivity index (χ1v) is 27.6. The Labute approximate surface area is 421 Å². The molecule has 0 amide bonds. The van der Waals surface area contributed by atoms with E-state index in [1.807, 2.05) is 0 Å². The van der Waals surface area contributed by atoms with E-state index >= 15 is 0 Å². The van der Waals surface area contributed by atoms with Crippen LogP contribution in [0.5, 0.6) is 0 Å². The number of hydrogen-bond donors (Lipinski definition) is 7. The number of hydrogen-bond acceptors (Lipinski definition) is 15. The van der Waals surface area contributed by atoms with E-state index < -0.39 is 99.3 Å². The van der Waals surface area contributed by atoms with E-state index in [1.54, 1.807) is 0 Å². The van der Waals surface area contributed by atoms with Crippen LogP contribution in [-0.2, 0) is 38.0 Å². The summed E-state index contributed by atoms with van der Waals surface area (Å²) in [5, 5.41) is 72.2. The molecule has 15 heteroatoms. The maximum absolute atomic E-state index is 13.0. The molecular formula is C55H98O15. The summed E-state index contributed by atoms with van der Waals surface area (Å²) in [6.07, 6.45) is 28.9. The van der Waals surface area contributed by atoms with E-state index in [0.29, 0.717) is 12.8 Å². The van der Waals surface area contributed by atoms with E-state index in [9.17, 15) is 45.3 Å². The van der Waals surface area contributed by atoms with Gasteiger partial charge in [0.25, 0.3) is 0 Å². The van der Waals surface area contributed by atoms with Crippen molar-refractivity contribution in [2.75, 3.05) is 26.4 Å². The van der Waals surface area contributed by atoms with Crippen LogP contribution in [0, 0.1) is 0 Å². The molecule has 0 saturated carbocycles. The van der Waals surface area contributed by atoms with Crippen LogP contribution in [0.25, 0.3) is 0 Å². The molecule has 0 spiro atoms. The number of allylic oxidation sites excluding steroid dienone is 6. The van der Waals surface area contributed by atoms with Gasteiger partial charge in [-0.1, -0.05) is 179 Å². The Balaban J connectivity index is 1.79. The molecule has 11 atom stereocenters. The van der Waals surface area contributed by atoms with Crippen LogP contribution in [0.1, 0.15) is 206 Å². The normalized spacial score (nSPS) is 25.6. The van der Waals surface area contributed by atoms with Crippen molar-refractivity contribution in [3.63, 3.8) is 0 Å². The highest BCUT2D eigenvalue weighted by Gasteiger charge is 2.47. The molecule has 0 aromatic heterocycles. The first-order valence-electron chi connectivity index (χ1n) is 27.6. The number of ether oxygens (including phenoxy) is 6. The van der Waals surface area contributed by atoms with E-state index in [1.165, 1.54) is 116 Å². The van der Waals surface area contributed by atoms with Gasteiger partial charge < -0.3 is 64.2 Å². The predicted molar refractivity (Wildman–Crippen MR) is 270 cm³/mol. The molecule has 0 aromatic rings. The number of carbonyl (C=O) groups is 2. The molecule has 70 heavy (non-hydrogen) atoms. The highest BCUT2D eigenvalue weighted by Crippen LogP contribution is 2.27. The molecule has 0 bridgehead atoms. The highest BCUT2D eigenvalue weighted by molar-refractivity contribution is 5.70. The Kier molecular flexibility index (Phi) is 38.4. The molecular weight excluding hydrogens is 901 g/mol. The lowest BCUT2D eigenvalue weighted by Crippen LogP contribution is -2.61. The Morgan fingerprint density at radius 2 is 0.857 bits per heavy atom. The van der Waals surface area contributed by atoms with Crippen molar-refractivity contribution >= 4 is 11.9 Å². The van der Waals surface area contributed by atoms with Crippen molar-refractivity contribution in [3.8, 4) is 0 Å². The maximum Gasteiger partial charge on any atom is 0.306 e. The van der Waals surface area contributed by atoms with Gasteiger partial charge in [0.1, 0.15) is 55.4 Å². The number of esters is 2. The number of unbranched alkanes of at least 4 members (excludes halogenated alkanes) is 23. The van der Waals surface area contributed by atoms with E-state index in [-0.39, 0.29) is 19.4 Å². The lowest BCUT2D eigenvalue weighted by Gasteiger charge is -2.42. The van der Waals surface area contributed by atoms with E-state index in [2.05, 4.69) is 50.3 Å². The number of aliphatic hydroxyl groups excluding tert-OH is 7. The molecule has 2 aliphatic heterocycles. The molecule has 0 aliphatic carbocycles. The van der Waals surface area contributed by atoms with Gasteiger partial charge in [0.15, 0.2) is 18.7 Å². The third-order valence-corrected chi connectivity index (χ3v) is 13.1. The van der Waals surface area contributed by atoms with Gasteiger partial charge in [0.05, 0.1) is 19.8 Å². The summed E-state index contributed by atoms with van der Waals surface area (Å²) in [5.41, 5.74) is 0. The maximum atomic E-state index is 13.0. The Morgan fingerprint density at radius 1 is 0.457 bits per heavy atom. The van der Waals surface area contributed by atoms with Gasteiger partial charge in [0.2, 0.25) is 0 Å². The summed E-state index contributed by atoms with van der Waals surface area (Å²) < 4.78 is 33.6. The standard InChI is InChI=1S/C55H98O15/c1-3-5-7-9-11-13-15-17-19-20-21-22-24-26-28-30-32-34-36-38-47(58)68-43(40-65-46(57)37-35-33-31-29-27-25-23-18-16-14-12-10-8-6-4-2)41-66-54-53(64)51(62)49(60)45(70-54)42-67-55-52(63)50(61)48(59)44(39-56)69-55/h12,14,18,23,27,29,43-45,48-56,59-64H,3-11,13,15-17,19-22,24-26,28,30-42H2,1-2H3/b14-12+,23-18+,29-27+/t43-,44+,45+,48-,49-,50?,51?,52?,53?,54+,55+/m1/s1. The van der Waals surface area contributed by atoms with Crippen LogP contribution in [0.4, 0.5) is 0 Å². The number of rotatable bonds is 43. The Bertz CT molecular complexity index is 1360. The molecule has 2 saturated heterocycles. The van der Waals surface area contributed by atoms with E-state index in [0.717, 1.165) is 51.4 Å². The molecule has 7 N–H and O–H groups in total. The van der Waals surface area contributed by atoms with Gasteiger partial charge >= 0.3 is 11.9 Å². The van der Waals surface area contributed by atoms with Crippen molar-refractivity contribution in [1.29, 1.82) is 0 Å². The third kappa shape index (κ3) is 29.4. The molecule has 408 valence electrons.